The molecule has 0 aliphatic heterocycles. The highest BCUT2D eigenvalue weighted by atomic mass is 32.1. The minimum atomic E-state index is -0.0803. The number of nitrogens with one attached hydrogen (secondary N) is 1. The molecule has 2 heterocycles. The Morgan fingerprint density at radius 1 is 1.26 bits per heavy atom. The number of carbonyl (C=O) groups is 1. The van der Waals surface area contributed by atoms with Crippen molar-refractivity contribution in [2.75, 3.05) is 4.90 Å². The van der Waals surface area contributed by atoms with Crippen molar-refractivity contribution in [3.63, 3.8) is 0 Å². The van der Waals surface area contributed by atoms with E-state index < -0.39 is 0 Å². The highest BCUT2D eigenvalue weighted by Crippen LogP contribution is 2.18. The van der Waals surface area contributed by atoms with Gasteiger partial charge >= 0.3 is 0 Å². The number of hydrogen-bond donors (Lipinski definition) is 1. The lowest BCUT2D eigenvalue weighted by molar-refractivity contribution is -0.114. The summed E-state index contributed by atoms with van der Waals surface area (Å²) in [6.45, 7) is 2.57. The molecular weight excluding hydrogens is 306 g/mol. The SMILES string of the molecule is Cc1ccc(/C=C/C(=O)N(Cc2cccs2)c2ccn[nH]2)cc1. The van der Waals surface area contributed by atoms with Crippen LogP contribution in [0.3, 0.4) is 0 Å². The lowest BCUT2D eigenvalue weighted by Gasteiger charge is -2.18. The first kappa shape index (κ1) is 15.2. The summed E-state index contributed by atoms with van der Waals surface area (Å²) in [5.74, 6) is 0.611. The Labute approximate surface area is 139 Å². The van der Waals surface area contributed by atoms with Gasteiger partial charge < -0.3 is 0 Å². The number of amides is 1. The van der Waals surface area contributed by atoms with E-state index in [0.717, 1.165) is 10.4 Å². The fraction of sp³-hybridized carbons (Fsp3) is 0.111. The van der Waals surface area contributed by atoms with E-state index in [-0.39, 0.29) is 5.91 Å². The van der Waals surface area contributed by atoms with Crippen LogP contribution in [0.25, 0.3) is 6.08 Å². The van der Waals surface area contributed by atoms with Crippen LogP contribution in [0.5, 0.6) is 0 Å². The van der Waals surface area contributed by atoms with Gasteiger partial charge in [0.25, 0.3) is 5.91 Å². The second kappa shape index (κ2) is 7.07. The van der Waals surface area contributed by atoms with Gasteiger partial charge in [-0.2, -0.15) is 5.10 Å². The Bertz CT molecular complexity index is 774. The highest BCUT2D eigenvalue weighted by molar-refractivity contribution is 7.09. The summed E-state index contributed by atoms with van der Waals surface area (Å²) in [7, 11) is 0. The van der Waals surface area contributed by atoms with Gasteiger partial charge in [-0.3, -0.25) is 14.8 Å². The molecule has 1 amide bonds. The van der Waals surface area contributed by atoms with Crippen molar-refractivity contribution in [3.8, 4) is 0 Å². The molecule has 3 rings (SSSR count). The van der Waals surface area contributed by atoms with Crippen LogP contribution in [0.4, 0.5) is 5.82 Å². The zero-order valence-electron chi connectivity index (χ0n) is 12.8. The van der Waals surface area contributed by atoms with Crippen molar-refractivity contribution in [2.24, 2.45) is 0 Å². The molecule has 0 aliphatic rings. The Hall–Kier alpha value is -2.66. The number of aromatic amines is 1. The molecule has 1 N–H and O–H groups in total. The molecule has 1 aromatic carbocycles. The van der Waals surface area contributed by atoms with Gasteiger partial charge in [0.1, 0.15) is 5.82 Å². The normalized spacial score (nSPS) is 11.0. The predicted molar refractivity (Wildman–Crippen MR) is 94.3 cm³/mol. The maximum atomic E-state index is 12.6. The lowest BCUT2D eigenvalue weighted by Crippen LogP contribution is -2.28. The molecule has 0 spiro atoms. The number of benzene rings is 1. The van der Waals surface area contributed by atoms with Crippen LogP contribution in [0.2, 0.25) is 0 Å². The Balaban J connectivity index is 1.78. The van der Waals surface area contributed by atoms with Gasteiger partial charge in [0, 0.05) is 17.0 Å². The number of carbonyl (C=O) groups excluding carboxylic acids is 1. The van der Waals surface area contributed by atoms with Gasteiger partial charge in [-0.1, -0.05) is 35.9 Å². The van der Waals surface area contributed by atoms with Crippen LogP contribution in [0.15, 0.2) is 60.1 Å². The first-order valence-electron chi connectivity index (χ1n) is 7.30. The van der Waals surface area contributed by atoms with Crippen LogP contribution in [0, 0.1) is 6.92 Å². The van der Waals surface area contributed by atoms with Crippen LogP contribution in [-0.4, -0.2) is 16.1 Å². The molecule has 2 aromatic heterocycles. The average molecular weight is 323 g/mol. The Morgan fingerprint density at radius 3 is 2.74 bits per heavy atom. The third kappa shape index (κ3) is 3.96. The third-order valence-electron chi connectivity index (χ3n) is 3.43. The number of H-pyrrole nitrogens is 1. The van der Waals surface area contributed by atoms with Crippen molar-refractivity contribution in [1.29, 1.82) is 0 Å². The number of aromatic nitrogens is 2. The molecule has 0 saturated carbocycles. The Morgan fingerprint density at radius 2 is 2.09 bits per heavy atom. The molecule has 0 fully saturated rings. The summed E-state index contributed by atoms with van der Waals surface area (Å²) in [6.07, 6.45) is 5.08. The molecule has 4 nitrogen and oxygen atoms in total. The van der Waals surface area contributed by atoms with Crippen LogP contribution >= 0.6 is 11.3 Å². The summed E-state index contributed by atoms with van der Waals surface area (Å²) < 4.78 is 0. The average Bonchev–Trinajstić information content (AvgIpc) is 3.25. The lowest BCUT2D eigenvalue weighted by atomic mass is 10.1. The largest absolute Gasteiger partial charge is 0.288 e. The molecule has 3 aromatic rings. The van der Waals surface area contributed by atoms with Crippen LogP contribution in [-0.2, 0) is 11.3 Å². The Kier molecular flexibility index (Phi) is 4.68. The van der Waals surface area contributed by atoms with Gasteiger partial charge in [0.15, 0.2) is 0 Å². The molecule has 0 saturated heterocycles. The van der Waals surface area contributed by atoms with Crippen molar-refractivity contribution in [1.82, 2.24) is 10.2 Å². The van der Waals surface area contributed by atoms with Crippen molar-refractivity contribution >= 4 is 29.1 Å². The molecule has 0 radical (unpaired) electrons. The number of rotatable bonds is 5. The van der Waals surface area contributed by atoms with E-state index in [1.54, 1.807) is 34.6 Å². The maximum absolute atomic E-state index is 12.6. The van der Waals surface area contributed by atoms with E-state index in [4.69, 9.17) is 0 Å². The number of anilines is 1. The summed E-state index contributed by atoms with van der Waals surface area (Å²) in [4.78, 5) is 15.4. The van der Waals surface area contributed by atoms with Gasteiger partial charge in [0.2, 0.25) is 0 Å². The van der Waals surface area contributed by atoms with E-state index in [0.29, 0.717) is 12.4 Å². The summed E-state index contributed by atoms with van der Waals surface area (Å²) in [6, 6.07) is 13.9. The van der Waals surface area contributed by atoms with E-state index >= 15 is 0 Å². The topological polar surface area (TPSA) is 49.0 Å². The maximum Gasteiger partial charge on any atom is 0.252 e. The van der Waals surface area contributed by atoms with Crippen molar-refractivity contribution in [2.45, 2.75) is 13.5 Å². The number of aryl methyl sites for hydroxylation is 1. The summed E-state index contributed by atoms with van der Waals surface area (Å²) >= 11 is 1.63. The van der Waals surface area contributed by atoms with Gasteiger partial charge in [-0.25, -0.2) is 0 Å². The second-order valence-corrected chi connectivity index (χ2v) is 6.22. The molecule has 0 unspecified atom stereocenters. The van der Waals surface area contributed by atoms with E-state index in [1.165, 1.54) is 5.56 Å². The quantitative estimate of drug-likeness (QED) is 0.721. The molecule has 0 bridgehead atoms. The number of thiophene rings is 1. The third-order valence-corrected chi connectivity index (χ3v) is 4.29. The van der Waals surface area contributed by atoms with Crippen LogP contribution < -0.4 is 4.90 Å². The van der Waals surface area contributed by atoms with Crippen LogP contribution in [0.1, 0.15) is 16.0 Å². The van der Waals surface area contributed by atoms with E-state index in [9.17, 15) is 4.79 Å². The number of nitrogens with zero attached hydrogens (tertiary/aromatic N) is 2. The van der Waals surface area contributed by atoms with Gasteiger partial charge in [0.05, 0.1) is 12.7 Å². The van der Waals surface area contributed by atoms with E-state index in [1.807, 2.05) is 54.8 Å². The first-order chi connectivity index (χ1) is 11.2. The smallest absolute Gasteiger partial charge is 0.252 e. The van der Waals surface area contributed by atoms with Gasteiger partial charge in [-0.15, -0.1) is 11.3 Å². The van der Waals surface area contributed by atoms with Crippen molar-refractivity contribution < 1.29 is 4.79 Å². The molecule has 23 heavy (non-hydrogen) atoms. The van der Waals surface area contributed by atoms with E-state index in [2.05, 4.69) is 10.2 Å². The molecule has 0 aliphatic carbocycles. The zero-order valence-corrected chi connectivity index (χ0v) is 13.6. The second-order valence-electron chi connectivity index (χ2n) is 5.19. The minimum absolute atomic E-state index is 0.0803. The molecule has 5 heteroatoms. The fourth-order valence-electron chi connectivity index (χ4n) is 2.17. The molecule has 0 atom stereocenters. The molecular formula is C18H17N3OS. The zero-order chi connectivity index (χ0) is 16.1. The summed E-state index contributed by atoms with van der Waals surface area (Å²) in [5.41, 5.74) is 2.20. The standard InChI is InChI=1S/C18H17N3OS/c1-14-4-6-15(7-5-14)8-9-18(22)21(17-10-11-19-20-17)13-16-3-2-12-23-16/h2-12H,13H2,1H3,(H,19,20)/b9-8+. The van der Waals surface area contributed by atoms with Crippen molar-refractivity contribution in [3.05, 3.63) is 76.1 Å². The highest BCUT2D eigenvalue weighted by Gasteiger charge is 2.15. The fourth-order valence-corrected chi connectivity index (χ4v) is 2.87. The first-order valence-corrected chi connectivity index (χ1v) is 8.18. The minimum Gasteiger partial charge on any atom is -0.288 e. The van der Waals surface area contributed by atoms with Gasteiger partial charge in [-0.05, 0) is 30.0 Å². The molecule has 116 valence electrons. The number of hydrogen-bond acceptors (Lipinski definition) is 3. The predicted octanol–water partition coefficient (Wildman–Crippen LogP) is 4.03. The summed E-state index contributed by atoms with van der Waals surface area (Å²) in [5, 5.41) is 8.81. The monoisotopic (exact) mass is 323 g/mol.